The van der Waals surface area contributed by atoms with Gasteiger partial charge in [-0.2, -0.15) is 0 Å². The van der Waals surface area contributed by atoms with Gasteiger partial charge in [0.2, 0.25) is 5.78 Å². The van der Waals surface area contributed by atoms with Gasteiger partial charge in [0.25, 0.3) is 5.89 Å². The number of likely N-dealkylation sites (tertiary alicyclic amines) is 1. The number of ketones is 1. The Hall–Kier alpha value is -1.36. The summed E-state index contributed by atoms with van der Waals surface area (Å²) in [6.45, 7) is 2.56. The van der Waals surface area contributed by atoms with E-state index in [0.717, 1.165) is 38.0 Å². The molecular formula is C16H16Cl2N2O2. The number of carbonyl (C=O) groups excluding carboxylic acids is 1. The smallest absolute Gasteiger partial charge is 0.263 e. The van der Waals surface area contributed by atoms with Gasteiger partial charge in [-0.25, -0.2) is 4.98 Å². The van der Waals surface area contributed by atoms with E-state index in [9.17, 15) is 4.79 Å². The van der Waals surface area contributed by atoms with Gasteiger partial charge in [-0.15, -0.1) is 0 Å². The molecule has 0 unspecified atom stereocenters. The lowest BCUT2D eigenvalue weighted by Crippen LogP contribution is -2.36. The van der Waals surface area contributed by atoms with Crippen LogP contribution >= 0.6 is 23.2 Å². The van der Waals surface area contributed by atoms with Gasteiger partial charge >= 0.3 is 0 Å². The lowest BCUT2D eigenvalue weighted by molar-refractivity contribution is 0.0799. The third kappa shape index (κ3) is 3.51. The Morgan fingerprint density at radius 2 is 2.05 bits per heavy atom. The summed E-state index contributed by atoms with van der Waals surface area (Å²) in [5.41, 5.74) is 1.13. The average molecular weight is 339 g/mol. The SMILES string of the molecule is O=C(c1ncco1)C1CCN(Cc2ccc(Cl)c(Cl)c2)CC1. The number of halogens is 2. The first-order chi connectivity index (χ1) is 10.6. The van der Waals surface area contributed by atoms with Crippen molar-refractivity contribution in [1.29, 1.82) is 0 Å². The zero-order chi connectivity index (χ0) is 15.5. The molecule has 1 aliphatic heterocycles. The van der Waals surface area contributed by atoms with E-state index >= 15 is 0 Å². The number of piperidine rings is 1. The van der Waals surface area contributed by atoms with Gasteiger partial charge in [0.05, 0.1) is 16.2 Å². The first kappa shape index (κ1) is 15.5. The lowest BCUT2D eigenvalue weighted by Gasteiger charge is -2.30. The second kappa shape index (κ2) is 6.82. The van der Waals surface area contributed by atoms with Gasteiger partial charge in [0.1, 0.15) is 6.26 Å². The fraction of sp³-hybridized carbons (Fsp3) is 0.375. The van der Waals surface area contributed by atoms with E-state index in [4.69, 9.17) is 27.6 Å². The van der Waals surface area contributed by atoms with Crippen LogP contribution in [0.5, 0.6) is 0 Å². The maximum absolute atomic E-state index is 12.2. The second-order valence-electron chi connectivity index (χ2n) is 5.50. The Balaban J connectivity index is 1.55. The quantitative estimate of drug-likeness (QED) is 0.788. The topological polar surface area (TPSA) is 46.3 Å². The minimum atomic E-state index is 0.00343. The minimum absolute atomic E-state index is 0.00343. The molecule has 3 rings (SSSR count). The van der Waals surface area contributed by atoms with Gasteiger partial charge < -0.3 is 4.42 Å². The third-order valence-corrected chi connectivity index (χ3v) is 4.73. The molecule has 0 bridgehead atoms. The molecule has 22 heavy (non-hydrogen) atoms. The second-order valence-corrected chi connectivity index (χ2v) is 6.31. The van der Waals surface area contributed by atoms with Crippen LogP contribution < -0.4 is 0 Å². The van der Waals surface area contributed by atoms with Crippen LogP contribution in [0.4, 0.5) is 0 Å². The van der Waals surface area contributed by atoms with E-state index in [1.54, 1.807) is 0 Å². The van der Waals surface area contributed by atoms with Crippen molar-refractivity contribution in [2.45, 2.75) is 19.4 Å². The summed E-state index contributed by atoms with van der Waals surface area (Å²) in [6, 6.07) is 5.70. The predicted molar refractivity (Wildman–Crippen MR) is 85.3 cm³/mol. The number of hydrogen-bond acceptors (Lipinski definition) is 4. The molecule has 0 spiro atoms. The van der Waals surface area contributed by atoms with Crippen LogP contribution in [0.2, 0.25) is 10.0 Å². The lowest BCUT2D eigenvalue weighted by atomic mass is 9.92. The minimum Gasteiger partial charge on any atom is -0.442 e. The monoisotopic (exact) mass is 338 g/mol. The molecule has 0 aliphatic carbocycles. The maximum atomic E-state index is 12.2. The Morgan fingerprint density at radius 1 is 1.27 bits per heavy atom. The molecule has 1 aromatic carbocycles. The molecule has 0 N–H and O–H groups in total. The zero-order valence-electron chi connectivity index (χ0n) is 12.0. The normalized spacial score (nSPS) is 16.8. The van der Waals surface area contributed by atoms with Crippen molar-refractivity contribution in [3.05, 3.63) is 52.2 Å². The van der Waals surface area contributed by atoms with Gasteiger partial charge in [-0.1, -0.05) is 29.3 Å². The summed E-state index contributed by atoms with van der Waals surface area (Å²) < 4.78 is 5.09. The highest BCUT2D eigenvalue weighted by Gasteiger charge is 2.28. The molecule has 116 valence electrons. The van der Waals surface area contributed by atoms with Crippen LogP contribution in [0, 0.1) is 5.92 Å². The van der Waals surface area contributed by atoms with E-state index in [-0.39, 0.29) is 17.6 Å². The molecule has 1 aliphatic rings. The van der Waals surface area contributed by atoms with Crippen molar-refractivity contribution in [3.63, 3.8) is 0 Å². The number of nitrogens with zero attached hydrogens (tertiary/aromatic N) is 2. The number of aromatic nitrogens is 1. The van der Waals surface area contributed by atoms with Crippen molar-refractivity contribution in [2.24, 2.45) is 5.92 Å². The summed E-state index contributed by atoms with van der Waals surface area (Å²) in [5, 5.41) is 1.15. The summed E-state index contributed by atoms with van der Waals surface area (Å²) in [6.07, 6.45) is 4.59. The van der Waals surface area contributed by atoms with Crippen molar-refractivity contribution in [1.82, 2.24) is 9.88 Å². The van der Waals surface area contributed by atoms with Crippen molar-refractivity contribution < 1.29 is 9.21 Å². The molecule has 0 atom stereocenters. The van der Waals surface area contributed by atoms with E-state index in [1.807, 2.05) is 18.2 Å². The first-order valence-electron chi connectivity index (χ1n) is 7.23. The fourth-order valence-electron chi connectivity index (χ4n) is 2.77. The van der Waals surface area contributed by atoms with Crippen LogP contribution in [0.1, 0.15) is 29.1 Å². The molecule has 0 amide bonds. The molecule has 1 aromatic heterocycles. The predicted octanol–water partition coefficient (Wildman–Crippen LogP) is 4.08. The zero-order valence-corrected chi connectivity index (χ0v) is 13.5. The van der Waals surface area contributed by atoms with E-state index in [2.05, 4.69) is 9.88 Å². The van der Waals surface area contributed by atoms with E-state index in [0.29, 0.717) is 10.0 Å². The Labute approximate surface area is 139 Å². The highest BCUT2D eigenvalue weighted by atomic mass is 35.5. The summed E-state index contributed by atoms with van der Waals surface area (Å²) in [7, 11) is 0. The number of oxazole rings is 1. The molecule has 6 heteroatoms. The van der Waals surface area contributed by atoms with Crippen LogP contribution in [-0.2, 0) is 6.54 Å². The first-order valence-corrected chi connectivity index (χ1v) is 7.99. The number of benzene rings is 1. The van der Waals surface area contributed by atoms with Gasteiger partial charge in [0.15, 0.2) is 0 Å². The van der Waals surface area contributed by atoms with Crippen molar-refractivity contribution in [3.8, 4) is 0 Å². The van der Waals surface area contributed by atoms with Crippen molar-refractivity contribution >= 4 is 29.0 Å². The molecule has 1 fully saturated rings. The molecule has 0 saturated carbocycles. The number of Topliss-reactive ketones (excluding diaryl/α,β-unsaturated/α-hetero) is 1. The average Bonchev–Trinajstić information content (AvgIpc) is 3.05. The van der Waals surface area contributed by atoms with E-state index in [1.165, 1.54) is 12.5 Å². The molecule has 1 saturated heterocycles. The van der Waals surface area contributed by atoms with Gasteiger partial charge in [0, 0.05) is 12.5 Å². The number of rotatable bonds is 4. The molecule has 4 nitrogen and oxygen atoms in total. The number of hydrogen-bond donors (Lipinski definition) is 0. The number of carbonyl (C=O) groups is 1. The standard InChI is InChI=1S/C16H16Cl2N2O2/c17-13-2-1-11(9-14(13)18)10-20-6-3-12(4-7-20)15(21)16-19-5-8-22-16/h1-2,5,8-9,12H,3-4,6-7,10H2. The fourth-order valence-corrected chi connectivity index (χ4v) is 3.09. The largest absolute Gasteiger partial charge is 0.442 e. The summed E-state index contributed by atoms with van der Waals surface area (Å²) >= 11 is 12.0. The third-order valence-electron chi connectivity index (χ3n) is 3.99. The van der Waals surface area contributed by atoms with Crippen LogP contribution in [0.25, 0.3) is 0 Å². The molecule has 0 radical (unpaired) electrons. The maximum Gasteiger partial charge on any atom is 0.263 e. The summed E-state index contributed by atoms with van der Waals surface area (Å²) in [5.74, 6) is 0.242. The highest BCUT2D eigenvalue weighted by molar-refractivity contribution is 6.42. The Kier molecular flexibility index (Phi) is 4.81. The summed E-state index contributed by atoms with van der Waals surface area (Å²) in [4.78, 5) is 18.5. The molecule has 2 heterocycles. The Bertz CT molecular complexity index is 650. The Morgan fingerprint density at radius 3 is 2.68 bits per heavy atom. The van der Waals surface area contributed by atoms with Gasteiger partial charge in [-0.3, -0.25) is 9.69 Å². The molecule has 2 aromatic rings. The van der Waals surface area contributed by atoms with Crippen molar-refractivity contribution in [2.75, 3.05) is 13.1 Å². The van der Waals surface area contributed by atoms with E-state index < -0.39 is 0 Å². The van der Waals surface area contributed by atoms with Crippen LogP contribution in [0.15, 0.2) is 35.1 Å². The van der Waals surface area contributed by atoms with Crippen LogP contribution in [0.3, 0.4) is 0 Å². The molecular weight excluding hydrogens is 323 g/mol. The van der Waals surface area contributed by atoms with Crippen LogP contribution in [-0.4, -0.2) is 28.8 Å². The van der Waals surface area contributed by atoms with Gasteiger partial charge in [-0.05, 0) is 43.6 Å². The highest BCUT2D eigenvalue weighted by Crippen LogP contribution is 2.25.